The Hall–Kier alpha value is -2.19. The fourth-order valence-corrected chi connectivity index (χ4v) is 2.12. The highest BCUT2D eigenvalue weighted by Gasteiger charge is 2.11. The van der Waals surface area contributed by atoms with E-state index in [1.807, 2.05) is 0 Å². The average Bonchev–Trinajstić information content (AvgIpc) is 2.33. The number of sulfonamides is 1. The lowest BCUT2D eigenvalue weighted by Gasteiger charge is -2.11. The number of hydrogen-bond acceptors (Lipinski definition) is 4. The van der Waals surface area contributed by atoms with E-state index in [0.717, 1.165) is 18.2 Å². The zero-order chi connectivity index (χ0) is 14.9. The largest absolute Gasteiger partial charge is 0.397 e. The number of rotatable bonds is 3. The lowest BCUT2D eigenvalue weighted by atomic mass is 10.2. The second kappa shape index (κ2) is 5.06. The molecule has 0 amide bonds. The predicted octanol–water partition coefficient (Wildman–Crippen LogP) is 1.94. The summed E-state index contributed by atoms with van der Waals surface area (Å²) in [7, 11) is -3.86. The molecule has 0 saturated heterocycles. The van der Waals surface area contributed by atoms with E-state index in [1.54, 1.807) is 0 Å². The zero-order valence-corrected chi connectivity index (χ0v) is 10.9. The molecular formula is C12H11F2N3O2S. The van der Waals surface area contributed by atoms with Crippen molar-refractivity contribution in [2.75, 3.05) is 11.1 Å². The van der Waals surface area contributed by atoms with Crippen LogP contribution in [0.15, 0.2) is 41.3 Å². The van der Waals surface area contributed by atoms with Crippen LogP contribution in [0.2, 0.25) is 0 Å². The van der Waals surface area contributed by atoms with Crippen molar-refractivity contribution in [3.63, 3.8) is 0 Å². The van der Waals surface area contributed by atoms with Gasteiger partial charge in [-0.25, -0.2) is 22.3 Å². The molecule has 0 heterocycles. The molecule has 0 aliphatic carbocycles. The second-order valence-corrected chi connectivity index (χ2v) is 5.60. The van der Waals surface area contributed by atoms with Crippen molar-refractivity contribution >= 4 is 27.1 Å². The molecule has 0 atom stereocenters. The van der Waals surface area contributed by atoms with Crippen molar-refractivity contribution < 1.29 is 17.2 Å². The first-order valence-corrected chi connectivity index (χ1v) is 6.96. The Kier molecular flexibility index (Phi) is 3.60. The second-order valence-electron chi connectivity index (χ2n) is 4.04. The fourth-order valence-electron chi connectivity index (χ4n) is 1.57. The Morgan fingerprint density at radius 2 is 1.65 bits per heavy atom. The van der Waals surface area contributed by atoms with Gasteiger partial charge in [0.15, 0.2) is 0 Å². The first-order chi connectivity index (χ1) is 9.27. The normalized spacial score (nSPS) is 11.3. The molecule has 0 aliphatic rings. The Morgan fingerprint density at radius 3 is 2.20 bits per heavy atom. The molecule has 20 heavy (non-hydrogen) atoms. The zero-order valence-electron chi connectivity index (χ0n) is 10.1. The van der Waals surface area contributed by atoms with Gasteiger partial charge in [0.1, 0.15) is 11.6 Å². The van der Waals surface area contributed by atoms with Crippen molar-refractivity contribution in [3.8, 4) is 0 Å². The Morgan fingerprint density at radius 1 is 1.00 bits per heavy atom. The van der Waals surface area contributed by atoms with Gasteiger partial charge in [0.25, 0.3) is 0 Å². The standard InChI is InChI=1S/C12H11F2N3O2S/c13-7-1-3-11(9(14)5-7)17-12-4-2-8(6-10(12)15)20(16,18)19/h1-6,17H,15H2,(H2,16,18,19). The van der Waals surface area contributed by atoms with E-state index in [0.29, 0.717) is 0 Å². The number of anilines is 3. The number of primary sulfonamides is 1. The maximum atomic E-state index is 13.5. The topological polar surface area (TPSA) is 98.2 Å². The van der Waals surface area contributed by atoms with E-state index in [4.69, 9.17) is 10.9 Å². The van der Waals surface area contributed by atoms with Crippen LogP contribution in [0.4, 0.5) is 25.8 Å². The molecule has 106 valence electrons. The van der Waals surface area contributed by atoms with Crippen LogP contribution in [-0.4, -0.2) is 8.42 Å². The van der Waals surface area contributed by atoms with E-state index >= 15 is 0 Å². The first-order valence-electron chi connectivity index (χ1n) is 5.42. The summed E-state index contributed by atoms with van der Waals surface area (Å²) in [6.45, 7) is 0. The molecular weight excluding hydrogens is 288 g/mol. The highest BCUT2D eigenvalue weighted by Crippen LogP contribution is 2.27. The molecule has 8 heteroatoms. The van der Waals surface area contributed by atoms with Crippen LogP contribution in [0.25, 0.3) is 0 Å². The summed E-state index contributed by atoms with van der Waals surface area (Å²) in [5, 5.41) is 7.61. The van der Waals surface area contributed by atoms with Crippen molar-refractivity contribution in [3.05, 3.63) is 48.0 Å². The van der Waals surface area contributed by atoms with Gasteiger partial charge in [-0.2, -0.15) is 0 Å². The number of hydrogen-bond donors (Lipinski definition) is 3. The van der Waals surface area contributed by atoms with Crippen molar-refractivity contribution in [2.45, 2.75) is 4.90 Å². The van der Waals surface area contributed by atoms with Gasteiger partial charge < -0.3 is 11.1 Å². The summed E-state index contributed by atoms with van der Waals surface area (Å²) in [4.78, 5) is -0.153. The molecule has 0 unspecified atom stereocenters. The highest BCUT2D eigenvalue weighted by molar-refractivity contribution is 7.89. The molecule has 5 nitrogen and oxygen atoms in total. The van der Waals surface area contributed by atoms with Crippen LogP contribution in [0.3, 0.4) is 0 Å². The van der Waals surface area contributed by atoms with Gasteiger partial charge in [0, 0.05) is 6.07 Å². The molecule has 5 N–H and O–H groups in total. The number of nitrogens with two attached hydrogens (primary N) is 2. The minimum atomic E-state index is -3.86. The van der Waals surface area contributed by atoms with E-state index in [1.165, 1.54) is 18.2 Å². The maximum absolute atomic E-state index is 13.5. The van der Waals surface area contributed by atoms with Gasteiger partial charge in [-0.15, -0.1) is 0 Å². The van der Waals surface area contributed by atoms with Gasteiger partial charge in [-0.1, -0.05) is 0 Å². The molecule has 0 saturated carbocycles. The van der Waals surface area contributed by atoms with Gasteiger partial charge in [-0.05, 0) is 30.3 Å². The minimum absolute atomic E-state index is 0.0152. The molecule has 2 aromatic rings. The van der Waals surface area contributed by atoms with Gasteiger partial charge in [0.05, 0.1) is 22.0 Å². The molecule has 2 aromatic carbocycles. The predicted molar refractivity (Wildman–Crippen MR) is 71.9 cm³/mol. The van der Waals surface area contributed by atoms with Gasteiger partial charge in [-0.3, -0.25) is 0 Å². The van der Waals surface area contributed by atoms with Crippen molar-refractivity contribution in [2.24, 2.45) is 5.14 Å². The van der Waals surface area contributed by atoms with Crippen LogP contribution in [0.1, 0.15) is 0 Å². The first kappa shape index (κ1) is 14.2. The summed E-state index contributed by atoms with van der Waals surface area (Å²) >= 11 is 0. The summed E-state index contributed by atoms with van der Waals surface area (Å²) < 4.78 is 48.5. The minimum Gasteiger partial charge on any atom is -0.397 e. The van der Waals surface area contributed by atoms with Crippen LogP contribution in [-0.2, 0) is 10.0 Å². The lowest BCUT2D eigenvalue weighted by molar-refractivity contribution is 0.586. The van der Waals surface area contributed by atoms with E-state index in [-0.39, 0.29) is 22.0 Å². The molecule has 0 aliphatic heterocycles. The number of halogens is 2. The smallest absolute Gasteiger partial charge is 0.238 e. The third kappa shape index (κ3) is 3.03. The van der Waals surface area contributed by atoms with Crippen LogP contribution >= 0.6 is 0 Å². The van der Waals surface area contributed by atoms with E-state index < -0.39 is 21.7 Å². The maximum Gasteiger partial charge on any atom is 0.238 e. The summed E-state index contributed by atoms with van der Waals surface area (Å²) in [6.07, 6.45) is 0. The van der Waals surface area contributed by atoms with Crippen molar-refractivity contribution in [1.29, 1.82) is 0 Å². The SMILES string of the molecule is Nc1cc(S(N)(=O)=O)ccc1Nc1ccc(F)cc1F. The molecule has 2 rings (SSSR count). The van der Waals surface area contributed by atoms with Crippen LogP contribution in [0, 0.1) is 11.6 Å². The molecule has 0 spiro atoms. The number of nitrogen functional groups attached to an aromatic ring is 1. The molecule has 0 aromatic heterocycles. The Labute approximate surface area is 114 Å². The Bertz CT molecular complexity index is 763. The molecule has 0 radical (unpaired) electrons. The summed E-state index contributed by atoms with van der Waals surface area (Å²) in [5.41, 5.74) is 6.03. The quantitative estimate of drug-likeness (QED) is 0.754. The van der Waals surface area contributed by atoms with Crippen LogP contribution < -0.4 is 16.2 Å². The number of nitrogens with one attached hydrogen (secondary N) is 1. The lowest BCUT2D eigenvalue weighted by Crippen LogP contribution is -2.12. The highest BCUT2D eigenvalue weighted by atomic mass is 32.2. The monoisotopic (exact) mass is 299 g/mol. The molecule has 0 bridgehead atoms. The fraction of sp³-hybridized carbons (Fsp3) is 0. The molecule has 0 fully saturated rings. The summed E-state index contributed by atoms with van der Waals surface area (Å²) in [6, 6.07) is 6.74. The summed E-state index contributed by atoms with van der Waals surface area (Å²) in [5.74, 6) is -1.49. The van der Waals surface area contributed by atoms with Gasteiger partial charge in [0.2, 0.25) is 10.0 Å². The Balaban J connectivity index is 2.35. The van der Waals surface area contributed by atoms with E-state index in [2.05, 4.69) is 5.32 Å². The van der Waals surface area contributed by atoms with Crippen LogP contribution in [0.5, 0.6) is 0 Å². The third-order valence-electron chi connectivity index (χ3n) is 2.55. The van der Waals surface area contributed by atoms with Crippen molar-refractivity contribution in [1.82, 2.24) is 0 Å². The average molecular weight is 299 g/mol. The van der Waals surface area contributed by atoms with Gasteiger partial charge >= 0.3 is 0 Å². The van der Waals surface area contributed by atoms with E-state index in [9.17, 15) is 17.2 Å². The third-order valence-corrected chi connectivity index (χ3v) is 3.46. The number of benzene rings is 2.